The van der Waals surface area contributed by atoms with Gasteiger partial charge in [-0.05, 0) is 28.1 Å². The molecule has 9 heteroatoms. The predicted molar refractivity (Wildman–Crippen MR) is 62.6 cm³/mol. The van der Waals surface area contributed by atoms with E-state index in [0.717, 1.165) is 0 Å². The van der Waals surface area contributed by atoms with E-state index in [1.54, 1.807) is 0 Å². The zero-order valence-electron chi connectivity index (χ0n) is 9.93. The SMILES string of the molecule is COc1ccc(C=O)c(Br)c1OCC(F)(F)C(F)(F)F. The van der Waals surface area contributed by atoms with E-state index in [0.29, 0.717) is 6.29 Å². The standard InChI is InChI=1S/C11H8BrF5O3/c1-19-7-3-2-6(4-18)8(12)9(7)20-5-10(13,14)11(15,16)17/h2-4H,5H2,1H3. The smallest absolute Gasteiger partial charge is 0.456 e. The van der Waals surface area contributed by atoms with Crippen LogP contribution in [0.15, 0.2) is 16.6 Å². The number of alkyl halides is 5. The second-order valence-corrected chi connectivity index (χ2v) is 4.40. The van der Waals surface area contributed by atoms with Gasteiger partial charge in [0, 0.05) is 5.56 Å². The molecule has 0 saturated carbocycles. The Morgan fingerprint density at radius 3 is 2.30 bits per heavy atom. The quantitative estimate of drug-likeness (QED) is 0.589. The van der Waals surface area contributed by atoms with Crippen LogP contribution in [0.1, 0.15) is 10.4 Å². The number of ether oxygens (including phenoxy) is 2. The minimum atomic E-state index is -5.73. The monoisotopic (exact) mass is 362 g/mol. The van der Waals surface area contributed by atoms with Gasteiger partial charge in [0.1, 0.15) is 0 Å². The van der Waals surface area contributed by atoms with Gasteiger partial charge in [0.15, 0.2) is 24.4 Å². The Morgan fingerprint density at radius 1 is 1.25 bits per heavy atom. The summed E-state index contributed by atoms with van der Waals surface area (Å²) in [6, 6.07) is 2.51. The molecule has 0 aromatic heterocycles. The molecule has 0 heterocycles. The molecule has 1 aromatic carbocycles. The summed E-state index contributed by atoms with van der Waals surface area (Å²) >= 11 is 2.89. The summed E-state index contributed by atoms with van der Waals surface area (Å²) in [5.41, 5.74) is 0.0242. The number of rotatable bonds is 5. The molecule has 112 valence electrons. The number of carbonyl (C=O) groups is 1. The molecule has 3 nitrogen and oxygen atoms in total. The van der Waals surface area contributed by atoms with E-state index in [4.69, 9.17) is 4.74 Å². The van der Waals surface area contributed by atoms with Gasteiger partial charge in [0.05, 0.1) is 11.6 Å². The van der Waals surface area contributed by atoms with Crippen molar-refractivity contribution in [3.63, 3.8) is 0 Å². The molecule has 0 saturated heterocycles. The first-order valence-electron chi connectivity index (χ1n) is 5.03. The second kappa shape index (κ2) is 5.94. The highest BCUT2D eigenvalue weighted by atomic mass is 79.9. The van der Waals surface area contributed by atoms with Crippen LogP contribution in [0.5, 0.6) is 11.5 Å². The van der Waals surface area contributed by atoms with Crippen LogP contribution in [0.3, 0.4) is 0 Å². The van der Waals surface area contributed by atoms with Gasteiger partial charge in [-0.1, -0.05) is 0 Å². The van der Waals surface area contributed by atoms with E-state index < -0.39 is 24.5 Å². The fraction of sp³-hybridized carbons (Fsp3) is 0.364. The summed E-state index contributed by atoms with van der Waals surface area (Å²) in [6.45, 7) is -1.92. The van der Waals surface area contributed by atoms with Crippen molar-refractivity contribution in [2.75, 3.05) is 13.7 Å². The minimum Gasteiger partial charge on any atom is -0.493 e. The van der Waals surface area contributed by atoms with E-state index in [1.807, 2.05) is 0 Å². The summed E-state index contributed by atoms with van der Waals surface area (Å²) < 4.78 is 70.9. The number of halogens is 6. The van der Waals surface area contributed by atoms with Gasteiger partial charge in [0.25, 0.3) is 0 Å². The van der Waals surface area contributed by atoms with Gasteiger partial charge >= 0.3 is 12.1 Å². The third-order valence-electron chi connectivity index (χ3n) is 2.25. The number of carbonyl (C=O) groups excluding carboxylic acids is 1. The highest BCUT2D eigenvalue weighted by Gasteiger charge is 2.58. The zero-order chi connectivity index (χ0) is 15.6. The normalized spacial score (nSPS) is 12.2. The van der Waals surface area contributed by atoms with Crippen molar-refractivity contribution in [3.05, 3.63) is 22.2 Å². The van der Waals surface area contributed by atoms with Gasteiger partial charge in [-0.2, -0.15) is 22.0 Å². The van der Waals surface area contributed by atoms with Crippen LogP contribution in [0.25, 0.3) is 0 Å². The maximum atomic E-state index is 12.8. The molecule has 20 heavy (non-hydrogen) atoms. The Hall–Kier alpha value is -1.38. The molecule has 0 amide bonds. The van der Waals surface area contributed by atoms with Crippen LogP contribution in [0.4, 0.5) is 22.0 Å². The fourth-order valence-corrected chi connectivity index (χ4v) is 1.72. The molecule has 1 aromatic rings. The molecule has 0 fully saturated rings. The van der Waals surface area contributed by atoms with Crippen LogP contribution in [-0.2, 0) is 0 Å². The minimum absolute atomic E-state index is 0.0242. The summed E-state index contributed by atoms with van der Waals surface area (Å²) in [5, 5.41) is 0. The second-order valence-electron chi connectivity index (χ2n) is 3.61. The van der Waals surface area contributed by atoms with E-state index in [9.17, 15) is 26.7 Å². The molecule has 0 spiro atoms. The van der Waals surface area contributed by atoms with E-state index >= 15 is 0 Å². The average molecular weight is 363 g/mol. The lowest BCUT2D eigenvalue weighted by atomic mass is 10.2. The number of methoxy groups -OCH3 is 1. The van der Waals surface area contributed by atoms with Gasteiger partial charge in [0.2, 0.25) is 0 Å². The van der Waals surface area contributed by atoms with Crippen molar-refractivity contribution in [2.24, 2.45) is 0 Å². The largest absolute Gasteiger partial charge is 0.493 e. The first-order chi connectivity index (χ1) is 9.14. The molecule has 0 unspecified atom stereocenters. The van der Waals surface area contributed by atoms with E-state index in [1.165, 1.54) is 19.2 Å². The molecule has 0 atom stereocenters. The van der Waals surface area contributed by atoms with Crippen molar-refractivity contribution in [3.8, 4) is 11.5 Å². The fourth-order valence-electron chi connectivity index (χ4n) is 1.18. The summed E-state index contributed by atoms with van der Waals surface area (Å²) in [6.07, 6.45) is -5.34. The lowest BCUT2D eigenvalue weighted by molar-refractivity contribution is -0.290. The average Bonchev–Trinajstić information content (AvgIpc) is 2.35. The van der Waals surface area contributed by atoms with Crippen LogP contribution in [-0.4, -0.2) is 32.1 Å². The zero-order valence-corrected chi connectivity index (χ0v) is 11.5. The van der Waals surface area contributed by atoms with Crippen LogP contribution in [0, 0.1) is 0 Å². The third kappa shape index (κ3) is 3.38. The van der Waals surface area contributed by atoms with Gasteiger partial charge in [-0.3, -0.25) is 4.79 Å². The molecule has 0 aliphatic heterocycles. The maximum Gasteiger partial charge on any atom is 0.456 e. The Kier molecular flexibility index (Phi) is 4.95. The molecule has 0 radical (unpaired) electrons. The van der Waals surface area contributed by atoms with Crippen LogP contribution in [0.2, 0.25) is 0 Å². The molecule has 1 rings (SSSR count). The van der Waals surface area contributed by atoms with Crippen molar-refractivity contribution in [2.45, 2.75) is 12.1 Å². The number of hydrogen-bond donors (Lipinski definition) is 0. The Labute approximate surface area is 118 Å². The summed E-state index contributed by atoms with van der Waals surface area (Å²) in [7, 11) is 1.18. The van der Waals surface area contributed by atoms with Crippen molar-refractivity contribution < 1.29 is 36.2 Å². The first kappa shape index (κ1) is 16.7. The predicted octanol–water partition coefficient (Wildman–Crippen LogP) is 3.85. The molecule has 0 aliphatic carbocycles. The summed E-state index contributed by atoms with van der Waals surface area (Å²) in [4.78, 5) is 10.7. The van der Waals surface area contributed by atoms with Gasteiger partial charge in [-0.25, -0.2) is 0 Å². The number of benzene rings is 1. The highest BCUT2D eigenvalue weighted by molar-refractivity contribution is 9.10. The Morgan fingerprint density at radius 2 is 1.85 bits per heavy atom. The molecular weight excluding hydrogens is 355 g/mol. The number of aldehydes is 1. The van der Waals surface area contributed by atoms with Crippen molar-refractivity contribution >= 4 is 22.2 Å². The Balaban J connectivity index is 3.06. The van der Waals surface area contributed by atoms with Gasteiger partial charge < -0.3 is 9.47 Å². The van der Waals surface area contributed by atoms with E-state index in [2.05, 4.69) is 20.7 Å². The van der Waals surface area contributed by atoms with E-state index in [-0.39, 0.29) is 15.8 Å². The third-order valence-corrected chi connectivity index (χ3v) is 3.07. The molecular formula is C11H8BrF5O3. The lowest BCUT2D eigenvalue weighted by Crippen LogP contribution is -2.41. The van der Waals surface area contributed by atoms with Gasteiger partial charge in [-0.15, -0.1) is 0 Å². The van der Waals surface area contributed by atoms with Crippen molar-refractivity contribution in [1.29, 1.82) is 0 Å². The Bertz CT molecular complexity index is 502. The molecule has 0 aliphatic rings. The van der Waals surface area contributed by atoms with Crippen molar-refractivity contribution in [1.82, 2.24) is 0 Å². The number of hydrogen-bond acceptors (Lipinski definition) is 3. The molecule has 0 N–H and O–H groups in total. The highest BCUT2D eigenvalue weighted by Crippen LogP contribution is 2.40. The van der Waals surface area contributed by atoms with Crippen LogP contribution < -0.4 is 9.47 Å². The molecule has 0 bridgehead atoms. The first-order valence-corrected chi connectivity index (χ1v) is 5.82. The summed E-state index contributed by atoms with van der Waals surface area (Å²) in [5.74, 6) is -5.50. The van der Waals surface area contributed by atoms with Crippen LogP contribution >= 0.6 is 15.9 Å². The lowest BCUT2D eigenvalue weighted by Gasteiger charge is -2.21. The maximum absolute atomic E-state index is 12.8. The topological polar surface area (TPSA) is 35.5 Å².